The second-order valence-electron chi connectivity index (χ2n) is 4.16. The third kappa shape index (κ3) is 3.80. The summed E-state index contributed by atoms with van der Waals surface area (Å²) in [7, 11) is 1.54. The molecule has 0 saturated carbocycles. The minimum atomic E-state index is 0.281. The van der Waals surface area contributed by atoms with Crippen LogP contribution in [0.3, 0.4) is 0 Å². The van der Waals surface area contributed by atoms with Crippen molar-refractivity contribution in [2.75, 3.05) is 7.11 Å². The minimum Gasteiger partial charge on any atom is -0.493 e. The van der Waals surface area contributed by atoms with Crippen molar-refractivity contribution < 1.29 is 14.7 Å². The van der Waals surface area contributed by atoms with E-state index in [9.17, 15) is 0 Å². The second kappa shape index (κ2) is 7.20. The zero-order valence-electron chi connectivity index (χ0n) is 11.2. The molecule has 0 saturated heterocycles. The van der Waals surface area contributed by atoms with Crippen molar-refractivity contribution >= 4 is 29.4 Å². The summed E-state index contributed by atoms with van der Waals surface area (Å²) in [6, 6.07) is 10.6. The number of para-hydroxylation sites is 1. The standard InChI is InChI=1S/C15H13Cl2NO3/c1-20-14-4-2-3-11(8-18-19)15(14)21-9-10-5-6-12(16)13(17)7-10/h2-8,19H,9H2,1H3. The summed E-state index contributed by atoms with van der Waals surface area (Å²) in [5.74, 6) is 1.04. The number of hydrogen-bond acceptors (Lipinski definition) is 4. The van der Waals surface area contributed by atoms with E-state index in [0.29, 0.717) is 27.1 Å². The predicted octanol–water partition coefficient (Wildman–Crippen LogP) is 4.39. The zero-order chi connectivity index (χ0) is 15.2. The molecule has 0 spiro atoms. The van der Waals surface area contributed by atoms with Gasteiger partial charge in [-0.25, -0.2) is 0 Å². The summed E-state index contributed by atoms with van der Waals surface area (Å²) in [5, 5.41) is 12.7. The van der Waals surface area contributed by atoms with Crippen molar-refractivity contribution in [1.82, 2.24) is 0 Å². The van der Waals surface area contributed by atoms with Gasteiger partial charge in [0.2, 0.25) is 0 Å². The van der Waals surface area contributed by atoms with Crippen LogP contribution >= 0.6 is 23.2 Å². The number of ether oxygens (including phenoxy) is 2. The van der Waals surface area contributed by atoms with Gasteiger partial charge in [0.15, 0.2) is 11.5 Å². The van der Waals surface area contributed by atoms with Crippen LogP contribution in [0.1, 0.15) is 11.1 Å². The molecule has 0 bridgehead atoms. The molecule has 6 heteroatoms. The van der Waals surface area contributed by atoms with E-state index in [-0.39, 0.29) is 6.61 Å². The van der Waals surface area contributed by atoms with Crippen molar-refractivity contribution in [2.45, 2.75) is 6.61 Å². The molecule has 110 valence electrons. The third-order valence-corrected chi connectivity index (χ3v) is 3.53. The lowest BCUT2D eigenvalue weighted by molar-refractivity contribution is 0.283. The van der Waals surface area contributed by atoms with Gasteiger partial charge in [0, 0.05) is 5.56 Å². The van der Waals surface area contributed by atoms with Crippen molar-refractivity contribution in [3.05, 3.63) is 57.6 Å². The molecule has 0 aliphatic rings. The van der Waals surface area contributed by atoms with Gasteiger partial charge < -0.3 is 14.7 Å². The molecule has 4 nitrogen and oxygen atoms in total. The zero-order valence-corrected chi connectivity index (χ0v) is 12.7. The van der Waals surface area contributed by atoms with Crippen LogP contribution < -0.4 is 9.47 Å². The lowest BCUT2D eigenvalue weighted by Crippen LogP contribution is -2.01. The first-order valence-corrected chi connectivity index (χ1v) is 6.82. The minimum absolute atomic E-state index is 0.281. The average molecular weight is 326 g/mol. The van der Waals surface area contributed by atoms with E-state index in [2.05, 4.69) is 5.16 Å². The molecule has 0 aliphatic heterocycles. The van der Waals surface area contributed by atoms with Crippen LogP contribution in [-0.4, -0.2) is 18.5 Å². The number of hydrogen-bond donors (Lipinski definition) is 1. The van der Waals surface area contributed by atoms with E-state index in [1.165, 1.54) is 6.21 Å². The highest BCUT2D eigenvalue weighted by Crippen LogP contribution is 2.31. The van der Waals surface area contributed by atoms with Crippen molar-refractivity contribution in [3.63, 3.8) is 0 Å². The average Bonchev–Trinajstić information content (AvgIpc) is 2.49. The van der Waals surface area contributed by atoms with Crippen LogP contribution in [0.5, 0.6) is 11.5 Å². The fraction of sp³-hybridized carbons (Fsp3) is 0.133. The highest BCUT2D eigenvalue weighted by molar-refractivity contribution is 6.42. The van der Waals surface area contributed by atoms with Crippen molar-refractivity contribution in [1.29, 1.82) is 0 Å². The molecule has 0 radical (unpaired) electrons. The molecular formula is C15H13Cl2NO3. The Bertz CT molecular complexity index is 659. The quantitative estimate of drug-likeness (QED) is 0.504. The van der Waals surface area contributed by atoms with Gasteiger partial charge in [-0.15, -0.1) is 0 Å². The summed E-state index contributed by atoms with van der Waals surface area (Å²) < 4.78 is 11.0. The van der Waals surface area contributed by atoms with Crippen LogP contribution in [-0.2, 0) is 6.61 Å². The third-order valence-electron chi connectivity index (χ3n) is 2.79. The first-order chi connectivity index (χ1) is 10.2. The van der Waals surface area contributed by atoms with Crippen LogP contribution in [0, 0.1) is 0 Å². The maximum absolute atomic E-state index is 8.70. The fourth-order valence-electron chi connectivity index (χ4n) is 1.80. The molecule has 2 aromatic rings. The van der Waals surface area contributed by atoms with Gasteiger partial charge in [-0.05, 0) is 29.8 Å². The summed E-state index contributed by atoms with van der Waals surface area (Å²) >= 11 is 11.8. The molecule has 0 amide bonds. The van der Waals surface area contributed by atoms with E-state index in [1.54, 1.807) is 37.4 Å². The van der Waals surface area contributed by atoms with Gasteiger partial charge in [0.1, 0.15) is 6.61 Å². The molecule has 1 N–H and O–H groups in total. The van der Waals surface area contributed by atoms with E-state index in [4.69, 9.17) is 37.9 Å². The molecule has 0 atom stereocenters. The van der Waals surface area contributed by atoms with E-state index < -0.39 is 0 Å². The Labute approximate surface area is 132 Å². The van der Waals surface area contributed by atoms with Crippen LogP contribution in [0.4, 0.5) is 0 Å². The Hall–Kier alpha value is -1.91. The Morgan fingerprint density at radius 3 is 2.67 bits per heavy atom. The SMILES string of the molecule is COc1cccc(C=NO)c1OCc1ccc(Cl)c(Cl)c1. The number of oxime groups is 1. The smallest absolute Gasteiger partial charge is 0.170 e. The lowest BCUT2D eigenvalue weighted by atomic mass is 10.2. The molecule has 0 unspecified atom stereocenters. The number of rotatable bonds is 5. The van der Waals surface area contributed by atoms with Crippen molar-refractivity contribution in [3.8, 4) is 11.5 Å². The van der Waals surface area contributed by atoms with E-state index in [0.717, 1.165) is 5.56 Å². The predicted molar refractivity (Wildman–Crippen MR) is 83.2 cm³/mol. The number of halogens is 2. The summed E-state index contributed by atoms with van der Waals surface area (Å²) in [6.07, 6.45) is 1.28. The first-order valence-electron chi connectivity index (χ1n) is 6.07. The van der Waals surface area contributed by atoms with E-state index in [1.807, 2.05) is 6.07 Å². The number of methoxy groups -OCH3 is 1. The molecular weight excluding hydrogens is 313 g/mol. The van der Waals surface area contributed by atoms with Gasteiger partial charge in [-0.2, -0.15) is 0 Å². The second-order valence-corrected chi connectivity index (χ2v) is 4.97. The monoisotopic (exact) mass is 325 g/mol. The largest absolute Gasteiger partial charge is 0.493 e. The van der Waals surface area contributed by atoms with Gasteiger partial charge >= 0.3 is 0 Å². The van der Waals surface area contributed by atoms with Gasteiger partial charge in [-0.1, -0.05) is 40.5 Å². The molecule has 0 heterocycles. The molecule has 0 aromatic heterocycles. The van der Waals surface area contributed by atoms with Gasteiger partial charge in [0.25, 0.3) is 0 Å². The number of benzene rings is 2. The number of nitrogens with zero attached hydrogens (tertiary/aromatic N) is 1. The molecule has 21 heavy (non-hydrogen) atoms. The normalized spacial score (nSPS) is 10.8. The Kier molecular flexibility index (Phi) is 5.31. The van der Waals surface area contributed by atoms with Gasteiger partial charge in [0.05, 0.1) is 23.4 Å². The summed E-state index contributed by atoms with van der Waals surface area (Å²) in [4.78, 5) is 0. The summed E-state index contributed by atoms with van der Waals surface area (Å²) in [5.41, 5.74) is 1.47. The fourth-order valence-corrected chi connectivity index (χ4v) is 2.12. The Morgan fingerprint density at radius 2 is 2.00 bits per heavy atom. The Morgan fingerprint density at radius 1 is 1.19 bits per heavy atom. The molecule has 0 fully saturated rings. The first kappa shape index (κ1) is 15.5. The molecule has 2 rings (SSSR count). The molecule has 0 aliphatic carbocycles. The topological polar surface area (TPSA) is 51.0 Å². The lowest BCUT2D eigenvalue weighted by Gasteiger charge is -2.13. The van der Waals surface area contributed by atoms with Crippen LogP contribution in [0.15, 0.2) is 41.6 Å². The van der Waals surface area contributed by atoms with Gasteiger partial charge in [-0.3, -0.25) is 0 Å². The highest BCUT2D eigenvalue weighted by Gasteiger charge is 2.10. The highest BCUT2D eigenvalue weighted by atomic mass is 35.5. The van der Waals surface area contributed by atoms with Crippen LogP contribution in [0.25, 0.3) is 0 Å². The van der Waals surface area contributed by atoms with Crippen molar-refractivity contribution in [2.24, 2.45) is 5.16 Å². The Balaban J connectivity index is 2.24. The van der Waals surface area contributed by atoms with E-state index >= 15 is 0 Å². The molecule has 2 aromatic carbocycles. The summed E-state index contributed by atoms with van der Waals surface area (Å²) in [6.45, 7) is 0.281. The maximum atomic E-state index is 8.70. The van der Waals surface area contributed by atoms with Crippen LogP contribution in [0.2, 0.25) is 10.0 Å². The maximum Gasteiger partial charge on any atom is 0.170 e.